The summed E-state index contributed by atoms with van der Waals surface area (Å²) in [6, 6.07) is 14.7. The first-order valence-electron chi connectivity index (χ1n) is 7.64. The Bertz CT molecular complexity index is 692. The van der Waals surface area contributed by atoms with Crippen molar-refractivity contribution in [3.63, 3.8) is 0 Å². The molecule has 1 aliphatic rings. The summed E-state index contributed by atoms with van der Waals surface area (Å²) in [5.41, 5.74) is 4.90. The number of para-hydroxylation sites is 1. The highest BCUT2D eigenvalue weighted by molar-refractivity contribution is 6.31. The van der Waals surface area contributed by atoms with Crippen LogP contribution in [0.5, 0.6) is 0 Å². The van der Waals surface area contributed by atoms with Crippen molar-refractivity contribution in [3.05, 3.63) is 58.6 Å². The molecular formula is C19H21ClN2. The van der Waals surface area contributed by atoms with Crippen LogP contribution in [0.4, 0.5) is 11.4 Å². The highest BCUT2D eigenvalue weighted by atomic mass is 35.5. The third kappa shape index (κ3) is 3.18. The van der Waals surface area contributed by atoms with Crippen LogP contribution in [0, 0.1) is 0 Å². The Balaban J connectivity index is 2.01. The molecule has 0 spiro atoms. The molecule has 0 saturated carbocycles. The first-order valence-corrected chi connectivity index (χ1v) is 8.02. The summed E-state index contributed by atoms with van der Waals surface area (Å²) in [4.78, 5) is 4.61. The fraction of sp³-hybridized carbons (Fsp3) is 0.263. The zero-order valence-electron chi connectivity index (χ0n) is 13.1. The second-order valence-electron chi connectivity index (χ2n) is 5.90. The van der Waals surface area contributed by atoms with Crippen molar-refractivity contribution >= 4 is 35.1 Å². The Kier molecular flexibility index (Phi) is 4.51. The topological polar surface area (TPSA) is 6.48 Å². The van der Waals surface area contributed by atoms with E-state index in [1.54, 1.807) is 0 Å². The number of benzene rings is 2. The molecular weight excluding hydrogens is 292 g/mol. The first kappa shape index (κ1) is 15.1. The molecule has 2 aromatic carbocycles. The summed E-state index contributed by atoms with van der Waals surface area (Å²) in [7, 11) is 4.23. The van der Waals surface area contributed by atoms with E-state index in [1.807, 2.05) is 6.07 Å². The number of nitrogens with zero attached hydrogens (tertiary/aromatic N) is 2. The molecule has 3 rings (SSSR count). The molecule has 0 radical (unpaired) electrons. The van der Waals surface area contributed by atoms with E-state index in [2.05, 4.69) is 72.4 Å². The number of hydrogen-bond donors (Lipinski definition) is 0. The fourth-order valence-corrected chi connectivity index (χ4v) is 3.03. The van der Waals surface area contributed by atoms with Gasteiger partial charge in [-0.25, -0.2) is 0 Å². The maximum absolute atomic E-state index is 6.25. The average Bonchev–Trinajstić information content (AvgIpc) is 2.65. The number of halogens is 1. The second-order valence-corrected chi connectivity index (χ2v) is 6.34. The zero-order valence-corrected chi connectivity index (χ0v) is 13.8. The molecule has 0 saturated heterocycles. The van der Waals surface area contributed by atoms with Crippen molar-refractivity contribution in [1.82, 2.24) is 4.90 Å². The van der Waals surface area contributed by atoms with Crippen LogP contribution < -0.4 is 4.90 Å². The molecule has 114 valence electrons. The molecule has 0 aliphatic carbocycles. The molecule has 0 aromatic heterocycles. The monoisotopic (exact) mass is 312 g/mol. The molecule has 22 heavy (non-hydrogen) atoms. The maximum atomic E-state index is 6.25. The van der Waals surface area contributed by atoms with Crippen LogP contribution in [-0.4, -0.2) is 32.1 Å². The third-order valence-corrected chi connectivity index (χ3v) is 4.18. The van der Waals surface area contributed by atoms with E-state index in [4.69, 9.17) is 11.6 Å². The Morgan fingerprint density at radius 2 is 1.68 bits per heavy atom. The first-order chi connectivity index (χ1) is 10.6. The lowest BCUT2D eigenvalue weighted by molar-refractivity contribution is 0.402. The van der Waals surface area contributed by atoms with Crippen molar-refractivity contribution < 1.29 is 0 Å². The van der Waals surface area contributed by atoms with Crippen LogP contribution in [0.1, 0.15) is 17.5 Å². The predicted molar refractivity (Wildman–Crippen MR) is 97.0 cm³/mol. The normalized spacial score (nSPS) is 13.0. The van der Waals surface area contributed by atoms with Crippen LogP contribution >= 0.6 is 11.6 Å². The average molecular weight is 313 g/mol. The van der Waals surface area contributed by atoms with E-state index in [9.17, 15) is 0 Å². The molecule has 3 heteroatoms. The van der Waals surface area contributed by atoms with Crippen molar-refractivity contribution in [3.8, 4) is 0 Å². The van der Waals surface area contributed by atoms with E-state index in [0.29, 0.717) is 0 Å². The number of rotatable bonds is 4. The van der Waals surface area contributed by atoms with Gasteiger partial charge in [0, 0.05) is 22.9 Å². The standard InChI is InChI=1S/C19H21ClN2/c1-21(2)12-5-13-22-18-7-4-3-6-15(18)8-9-16-10-11-17(20)14-19(16)22/h3-4,6-11,14H,5,12-13H2,1-2H3. The van der Waals surface area contributed by atoms with E-state index < -0.39 is 0 Å². The Morgan fingerprint density at radius 3 is 2.45 bits per heavy atom. The van der Waals surface area contributed by atoms with E-state index in [-0.39, 0.29) is 0 Å². The third-order valence-electron chi connectivity index (χ3n) is 3.94. The second kappa shape index (κ2) is 6.55. The largest absolute Gasteiger partial charge is 0.340 e. The lowest BCUT2D eigenvalue weighted by atomic mass is 10.1. The zero-order chi connectivity index (χ0) is 15.5. The molecule has 1 heterocycles. The fourth-order valence-electron chi connectivity index (χ4n) is 2.86. The lowest BCUT2D eigenvalue weighted by Crippen LogP contribution is -2.24. The summed E-state index contributed by atoms with van der Waals surface area (Å²) in [6.45, 7) is 2.05. The van der Waals surface area contributed by atoms with Gasteiger partial charge in [0.15, 0.2) is 0 Å². The minimum Gasteiger partial charge on any atom is -0.340 e. The summed E-state index contributed by atoms with van der Waals surface area (Å²) < 4.78 is 0. The van der Waals surface area contributed by atoms with Crippen molar-refractivity contribution in [1.29, 1.82) is 0 Å². The number of fused-ring (bicyclic) bond motifs is 2. The van der Waals surface area contributed by atoms with Crippen molar-refractivity contribution in [2.75, 3.05) is 32.1 Å². The van der Waals surface area contributed by atoms with Crippen molar-refractivity contribution in [2.24, 2.45) is 0 Å². The van der Waals surface area contributed by atoms with E-state index in [0.717, 1.165) is 24.5 Å². The summed E-state index contributed by atoms with van der Waals surface area (Å²) >= 11 is 6.25. The van der Waals surface area contributed by atoms with Crippen LogP contribution in [-0.2, 0) is 0 Å². The SMILES string of the molecule is CN(C)CCCN1c2ccccc2C=Cc2ccc(Cl)cc21. The highest BCUT2D eigenvalue weighted by Crippen LogP contribution is 2.37. The van der Waals surface area contributed by atoms with Gasteiger partial charge in [0.1, 0.15) is 0 Å². The molecule has 0 atom stereocenters. The molecule has 0 fully saturated rings. The molecule has 2 aromatic rings. The van der Waals surface area contributed by atoms with Crippen molar-refractivity contribution in [2.45, 2.75) is 6.42 Å². The maximum Gasteiger partial charge on any atom is 0.0499 e. The highest BCUT2D eigenvalue weighted by Gasteiger charge is 2.17. The minimum atomic E-state index is 0.782. The van der Waals surface area contributed by atoms with Gasteiger partial charge in [-0.15, -0.1) is 0 Å². The van der Waals surface area contributed by atoms with Gasteiger partial charge in [-0.3, -0.25) is 0 Å². The number of anilines is 2. The predicted octanol–water partition coefficient (Wildman–Crippen LogP) is 4.91. The Morgan fingerprint density at radius 1 is 0.955 bits per heavy atom. The van der Waals surface area contributed by atoms with Gasteiger partial charge in [-0.05, 0) is 56.4 Å². The molecule has 1 aliphatic heterocycles. The smallest absolute Gasteiger partial charge is 0.0499 e. The van der Waals surface area contributed by atoms with Crippen LogP contribution in [0.3, 0.4) is 0 Å². The molecule has 0 unspecified atom stereocenters. The summed E-state index contributed by atoms with van der Waals surface area (Å²) in [5, 5.41) is 0.782. The van der Waals surface area contributed by atoms with E-state index in [1.165, 1.54) is 22.5 Å². The van der Waals surface area contributed by atoms with Gasteiger partial charge < -0.3 is 9.80 Å². The van der Waals surface area contributed by atoms with Gasteiger partial charge in [0.05, 0.1) is 0 Å². The molecule has 0 N–H and O–H groups in total. The van der Waals surface area contributed by atoms with Gasteiger partial charge in [0.2, 0.25) is 0 Å². The van der Waals surface area contributed by atoms with Crippen LogP contribution in [0.2, 0.25) is 5.02 Å². The Labute approximate surface area is 137 Å². The van der Waals surface area contributed by atoms with Gasteiger partial charge in [-0.1, -0.05) is 48.0 Å². The minimum absolute atomic E-state index is 0.782. The number of hydrogen-bond acceptors (Lipinski definition) is 2. The van der Waals surface area contributed by atoms with Crippen LogP contribution in [0.15, 0.2) is 42.5 Å². The summed E-state index contributed by atoms with van der Waals surface area (Å²) in [5.74, 6) is 0. The summed E-state index contributed by atoms with van der Waals surface area (Å²) in [6.07, 6.45) is 5.47. The molecule has 2 nitrogen and oxygen atoms in total. The quantitative estimate of drug-likeness (QED) is 0.791. The Hall–Kier alpha value is -1.77. The van der Waals surface area contributed by atoms with Gasteiger partial charge in [-0.2, -0.15) is 0 Å². The van der Waals surface area contributed by atoms with E-state index >= 15 is 0 Å². The van der Waals surface area contributed by atoms with Crippen LogP contribution in [0.25, 0.3) is 12.2 Å². The van der Waals surface area contributed by atoms with Gasteiger partial charge in [0.25, 0.3) is 0 Å². The van der Waals surface area contributed by atoms with Gasteiger partial charge >= 0.3 is 0 Å². The molecule has 0 bridgehead atoms. The molecule has 0 amide bonds. The lowest BCUT2D eigenvalue weighted by Gasteiger charge is -2.27.